The van der Waals surface area contributed by atoms with Crippen molar-refractivity contribution >= 4 is 0 Å². The van der Waals surface area contributed by atoms with Crippen molar-refractivity contribution in [1.29, 1.82) is 0 Å². The Kier molecular flexibility index (Phi) is 4.22. The molecule has 0 aromatic rings. The van der Waals surface area contributed by atoms with E-state index in [9.17, 15) is 10.2 Å². The van der Waals surface area contributed by atoms with Crippen molar-refractivity contribution in [2.45, 2.75) is 51.2 Å². The van der Waals surface area contributed by atoms with Gasteiger partial charge in [-0.3, -0.25) is 4.90 Å². The standard InChI is InChI=1S/C13H25NO2/c1-10-4-5-13(16)11(7-10)8-14-6-2-3-12(14)9-15/h10-13,15-16H,2-9H2,1H3. The molecule has 0 radical (unpaired) electrons. The second-order valence-corrected chi connectivity index (χ2v) is 5.72. The smallest absolute Gasteiger partial charge is 0.0586 e. The van der Waals surface area contributed by atoms with E-state index in [2.05, 4.69) is 11.8 Å². The van der Waals surface area contributed by atoms with Gasteiger partial charge in [0.05, 0.1) is 12.7 Å². The number of hydrogen-bond acceptors (Lipinski definition) is 3. The molecular formula is C13H25NO2. The largest absolute Gasteiger partial charge is 0.395 e. The summed E-state index contributed by atoms with van der Waals surface area (Å²) in [7, 11) is 0. The Morgan fingerprint density at radius 3 is 2.81 bits per heavy atom. The summed E-state index contributed by atoms with van der Waals surface area (Å²) in [6.07, 6.45) is 5.48. The van der Waals surface area contributed by atoms with E-state index in [1.165, 1.54) is 12.8 Å². The van der Waals surface area contributed by atoms with Crippen LogP contribution < -0.4 is 0 Å². The Morgan fingerprint density at radius 1 is 1.25 bits per heavy atom. The van der Waals surface area contributed by atoms with Gasteiger partial charge in [-0.1, -0.05) is 6.92 Å². The summed E-state index contributed by atoms with van der Waals surface area (Å²) in [5.74, 6) is 1.18. The maximum atomic E-state index is 10.0. The molecule has 4 unspecified atom stereocenters. The van der Waals surface area contributed by atoms with E-state index < -0.39 is 0 Å². The maximum Gasteiger partial charge on any atom is 0.0586 e. The molecule has 1 saturated carbocycles. The molecule has 0 spiro atoms. The molecule has 0 bridgehead atoms. The Morgan fingerprint density at radius 2 is 2.06 bits per heavy atom. The summed E-state index contributed by atoms with van der Waals surface area (Å²) < 4.78 is 0. The molecule has 0 amide bonds. The van der Waals surface area contributed by atoms with Crippen molar-refractivity contribution in [2.24, 2.45) is 11.8 Å². The van der Waals surface area contributed by atoms with Gasteiger partial charge in [0.1, 0.15) is 0 Å². The Labute approximate surface area is 98.5 Å². The van der Waals surface area contributed by atoms with Gasteiger partial charge in [0, 0.05) is 12.6 Å². The Balaban J connectivity index is 1.87. The van der Waals surface area contributed by atoms with E-state index in [0.717, 1.165) is 38.3 Å². The van der Waals surface area contributed by atoms with E-state index in [0.29, 0.717) is 12.0 Å². The van der Waals surface area contributed by atoms with Gasteiger partial charge in [-0.25, -0.2) is 0 Å². The fourth-order valence-electron chi connectivity index (χ4n) is 3.32. The van der Waals surface area contributed by atoms with Gasteiger partial charge in [-0.2, -0.15) is 0 Å². The van der Waals surface area contributed by atoms with Gasteiger partial charge in [0.2, 0.25) is 0 Å². The van der Waals surface area contributed by atoms with Gasteiger partial charge >= 0.3 is 0 Å². The molecule has 2 fully saturated rings. The number of aliphatic hydroxyl groups excluding tert-OH is 2. The third kappa shape index (κ3) is 2.76. The molecular weight excluding hydrogens is 202 g/mol. The van der Waals surface area contributed by atoms with Crippen molar-refractivity contribution in [1.82, 2.24) is 4.90 Å². The number of nitrogens with zero attached hydrogens (tertiary/aromatic N) is 1. The van der Waals surface area contributed by atoms with Crippen LogP contribution in [0, 0.1) is 11.8 Å². The van der Waals surface area contributed by atoms with Gasteiger partial charge in [0.25, 0.3) is 0 Å². The molecule has 1 aliphatic heterocycles. The highest BCUT2D eigenvalue weighted by atomic mass is 16.3. The average Bonchev–Trinajstić information content (AvgIpc) is 2.71. The predicted octanol–water partition coefficient (Wildman–Crippen LogP) is 1.24. The first kappa shape index (κ1) is 12.3. The lowest BCUT2D eigenvalue weighted by molar-refractivity contribution is 0.0230. The molecule has 3 nitrogen and oxygen atoms in total. The minimum atomic E-state index is -0.115. The molecule has 4 atom stereocenters. The van der Waals surface area contributed by atoms with E-state index >= 15 is 0 Å². The van der Waals surface area contributed by atoms with E-state index in [1.54, 1.807) is 0 Å². The fraction of sp³-hybridized carbons (Fsp3) is 1.00. The predicted molar refractivity (Wildman–Crippen MR) is 64.2 cm³/mol. The zero-order valence-electron chi connectivity index (χ0n) is 10.3. The Hall–Kier alpha value is -0.120. The van der Waals surface area contributed by atoms with Gasteiger partial charge < -0.3 is 10.2 Å². The van der Waals surface area contributed by atoms with Crippen molar-refractivity contribution in [2.75, 3.05) is 19.7 Å². The van der Waals surface area contributed by atoms with Crippen LogP contribution in [0.15, 0.2) is 0 Å². The first-order chi connectivity index (χ1) is 7.70. The van der Waals surface area contributed by atoms with Crippen molar-refractivity contribution < 1.29 is 10.2 Å². The summed E-state index contributed by atoms with van der Waals surface area (Å²) in [4.78, 5) is 2.38. The molecule has 1 heterocycles. The summed E-state index contributed by atoms with van der Waals surface area (Å²) in [6, 6.07) is 0.351. The molecule has 2 aliphatic rings. The molecule has 1 aliphatic carbocycles. The van der Waals surface area contributed by atoms with Crippen LogP contribution in [0.1, 0.15) is 39.0 Å². The molecule has 0 aromatic heterocycles. The molecule has 1 saturated heterocycles. The van der Waals surface area contributed by atoms with E-state index in [4.69, 9.17) is 0 Å². The zero-order chi connectivity index (χ0) is 11.5. The second-order valence-electron chi connectivity index (χ2n) is 5.72. The van der Waals surface area contributed by atoms with Crippen LogP contribution >= 0.6 is 0 Å². The monoisotopic (exact) mass is 227 g/mol. The number of likely N-dealkylation sites (tertiary alicyclic amines) is 1. The fourth-order valence-corrected chi connectivity index (χ4v) is 3.32. The highest BCUT2D eigenvalue weighted by Crippen LogP contribution is 2.31. The van der Waals surface area contributed by atoms with Crippen LogP contribution in [-0.4, -0.2) is 47.0 Å². The maximum absolute atomic E-state index is 10.0. The van der Waals surface area contributed by atoms with Crippen LogP contribution in [0.3, 0.4) is 0 Å². The number of rotatable bonds is 3. The first-order valence-corrected chi connectivity index (χ1v) is 6.73. The SMILES string of the molecule is CC1CCC(O)C(CN2CCCC2CO)C1. The van der Waals surface area contributed by atoms with Crippen molar-refractivity contribution in [3.63, 3.8) is 0 Å². The minimum Gasteiger partial charge on any atom is -0.395 e. The van der Waals surface area contributed by atoms with E-state index in [-0.39, 0.29) is 12.7 Å². The molecule has 2 rings (SSSR count). The average molecular weight is 227 g/mol. The van der Waals surface area contributed by atoms with Gasteiger partial charge in [0.15, 0.2) is 0 Å². The molecule has 0 aromatic carbocycles. The van der Waals surface area contributed by atoms with E-state index in [1.807, 2.05) is 0 Å². The molecule has 2 N–H and O–H groups in total. The first-order valence-electron chi connectivity index (χ1n) is 6.73. The van der Waals surface area contributed by atoms with Gasteiger partial charge in [-0.15, -0.1) is 0 Å². The van der Waals surface area contributed by atoms with Crippen LogP contribution in [0.5, 0.6) is 0 Å². The topological polar surface area (TPSA) is 43.7 Å². The van der Waals surface area contributed by atoms with Crippen LogP contribution in [-0.2, 0) is 0 Å². The molecule has 3 heteroatoms. The third-order valence-electron chi connectivity index (χ3n) is 4.38. The molecule has 16 heavy (non-hydrogen) atoms. The minimum absolute atomic E-state index is 0.115. The van der Waals surface area contributed by atoms with Crippen LogP contribution in [0.4, 0.5) is 0 Å². The Bertz CT molecular complexity index is 222. The summed E-state index contributed by atoms with van der Waals surface area (Å²) >= 11 is 0. The van der Waals surface area contributed by atoms with Crippen molar-refractivity contribution in [3.05, 3.63) is 0 Å². The van der Waals surface area contributed by atoms with Gasteiger partial charge in [-0.05, 0) is 50.5 Å². The lowest BCUT2D eigenvalue weighted by Crippen LogP contribution is -2.41. The highest BCUT2D eigenvalue weighted by molar-refractivity contribution is 4.85. The van der Waals surface area contributed by atoms with Crippen molar-refractivity contribution in [3.8, 4) is 0 Å². The van der Waals surface area contributed by atoms with Crippen LogP contribution in [0.2, 0.25) is 0 Å². The molecule has 94 valence electrons. The summed E-state index contributed by atoms with van der Waals surface area (Å²) in [5.41, 5.74) is 0. The zero-order valence-corrected chi connectivity index (χ0v) is 10.3. The van der Waals surface area contributed by atoms with Crippen LogP contribution in [0.25, 0.3) is 0 Å². The quantitative estimate of drug-likeness (QED) is 0.762. The summed E-state index contributed by atoms with van der Waals surface area (Å²) in [6.45, 7) is 4.64. The number of hydrogen-bond donors (Lipinski definition) is 2. The number of aliphatic hydroxyl groups is 2. The normalized spacial score (nSPS) is 41.4. The lowest BCUT2D eigenvalue weighted by Gasteiger charge is -2.35. The third-order valence-corrected chi connectivity index (χ3v) is 4.38. The second kappa shape index (κ2) is 5.48. The summed E-state index contributed by atoms with van der Waals surface area (Å²) in [5, 5.41) is 19.3. The lowest BCUT2D eigenvalue weighted by atomic mass is 9.80. The highest BCUT2D eigenvalue weighted by Gasteiger charge is 2.32.